The van der Waals surface area contributed by atoms with Gasteiger partial charge in [0.05, 0.1) is 19.8 Å². The van der Waals surface area contributed by atoms with Crippen molar-refractivity contribution in [2.75, 3.05) is 14.2 Å². The first-order valence-electron chi connectivity index (χ1n) is 6.34. The summed E-state index contributed by atoms with van der Waals surface area (Å²) in [5.74, 6) is 1.01. The maximum absolute atomic E-state index is 12.3. The molecule has 0 N–H and O–H groups in total. The van der Waals surface area contributed by atoms with E-state index in [0.717, 1.165) is 10.0 Å². The van der Waals surface area contributed by atoms with E-state index in [2.05, 4.69) is 15.9 Å². The molecule has 0 aromatic heterocycles. The van der Waals surface area contributed by atoms with E-state index in [9.17, 15) is 4.79 Å². The lowest BCUT2D eigenvalue weighted by Crippen LogP contribution is -1.99. The van der Waals surface area contributed by atoms with Gasteiger partial charge in [-0.15, -0.1) is 0 Å². The smallest absolute Gasteiger partial charge is 0.189 e. The lowest BCUT2D eigenvalue weighted by atomic mass is 10.1. The quantitative estimate of drug-likeness (QED) is 0.595. The molecule has 0 fully saturated rings. The SMILES string of the molecule is COc1ccc(OC)c(C(=O)/C=C/c2cccc(Br)c2)c1. The second-order valence-electron chi connectivity index (χ2n) is 4.32. The van der Waals surface area contributed by atoms with Gasteiger partial charge in [-0.25, -0.2) is 0 Å². The molecule has 0 unspecified atom stereocenters. The summed E-state index contributed by atoms with van der Waals surface area (Å²) < 4.78 is 11.3. The van der Waals surface area contributed by atoms with Crippen LogP contribution in [0, 0.1) is 0 Å². The average molecular weight is 347 g/mol. The summed E-state index contributed by atoms with van der Waals surface area (Å²) in [4.78, 5) is 12.3. The predicted molar refractivity (Wildman–Crippen MR) is 87.1 cm³/mol. The minimum Gasteiger partial charge on any atom is -0.497 e. The van der Waals surface area contributed by atoms with Crippen LogP contribution in [0.2, 0.25) is 0 Å². The Balaban J connectivity index is 2.27. The number of hydrogen-bond donors (Lipinski definition) is 0. The van der Waals surface area contributed by atoms with Gasteiger partial charge in [-0.3, -0.25) is 4.79 Å². The van der Waals surface area contributed by atoms with E-state index in [0.29, 0.717) is 17.1 Å². The first-order valence-corrected chi connectivity index (χ1v) is 7.13. The standard InChI is InChI=1S/C17H15BrO3/c1-20-14-7-9-17(21-2)15(11-14)16(19)8-6-12-4-3-5-13(18)10-12/h3-11H,1-2H3/b8-6+. The second kappa shape index (κ2) is 7.09. The Morgan fingerprint density at radius 3 is 2.57 bits per heavy atom. The molecule has 0 saturated carbocycles. The van der Waals surface area contributed by atoms with E-state index in [1.165, 1.54) is 13.2 Å². The zero-order valence-corrected chi connectivity index (χ0v) is 13.4. The van der Waals surface area contributed by atoms with Crippen LogP contribution in [0.15, 0.2) is 53.0 Å². The minimum atomic E-state index is -0.134. The van der Waals surface area contributed by atoms with Crippen LogP contribution >= 0.6 is 15.9 Å². The highest BCUT2D eigenvalue weighted by Crippen LogP contribution is 2.25. The first kappa shape index (κ1) is 15.3. The third kappa shape index (κ3) is 3.95. The molecule has 2 aromatic carbocycles. The molecule has 3 nitrogen and oxygen atoms in total. The van der Waals surface area contributed by atoms with E-state index in [-0.39, 0.29) is 5.78 Å². The maximum Gasteiger partial charge on any atom is 0.189 e. The molecule has 21 heavy (non-hydrogen) atoms. The molecule has 0 atom stereocenters. The van der Waals surface area contributed by atoms with Crippen LogP contribution in [0.4, 0.5) is 0 Å². The topological polar surface area (TPSA) is 35.5 Å². The molecule has 0 aliphatic heterocycles. The summed E-state index contributed by atoms with van der Waals surface area (Å²) in [5, 5.41) is 0. The van der Waals surface area contributed by atoms with Crippen molar-refractivity contribution in [3.05, 3.63) is 64.1 Å². The van der Waals surface area contributed by atoms with Gasteiger partial charge in [0.2, 0.25) is 0 Å². The molecule has 108 valence electrons. The number of methoxy groups -OCH3 is 2. The number of ketones is 1. The third-order valence-corrected chi connectivity index (χ3v) is 3.44. The molecule has 0 heterocycles. The summed E-state index contributed by atoms with van der Waals surface area (Å²) >= 11 is 3.40. The maximum atomic E-state index is 12.3. The molecular weight excluding hydrogens is 332 g/mol. The fourth-order valence-corrected chi connectivity index (χ4v) is 2.30. The van der Waals surface area contributed by atoms with Crippen molar-refractivity contribution >= 4 is 27.8 Å². The van der Waals surface area contributed by atoms with Crippen LogP contribution in [0.5, 0.6) is 11.5 Å². The molecule has 0 spiro atoms. The number of hydrogen-bond acceptors (Lipinski definition) is 3. The van der Waals surface area contributed by atoms with Crippen molar-refractivity contribution in [2.45, 2.75) is 0 Å². The van der Waals surface area contributed by atoms with E-state index in [4.69, 9.17) is 9.47 Å². The minimum absolute atomic E-state index is 0.134. The van der Waals surface area contributed by atoms with Crippen molar-refractivity contribution in [1.82, 2.24) is 0 Å². The van der Waals surface area contributed by atoms with E-state index in [1.54, 1.807) is 31.4 Å². The second-order valence-corrected chi connectivity index (χ2v) is 5.23. The van der Waals surface area contributed by atoms with Gasteiger partial charge in [0, 0.05) is 4.47 Å². The number of halogens is 1. The van der Waals surface area contributed by atoms with Gasteiger partial charge in [-0.2, -0.15) is 0 Å². The monoisotopic (exact) mass is 346 g/mol. The van der Waals surface area contributed by atoms with E-state index in [1.807, 2.05) is 24.3 Å². The number of rotatable bonds is 5. The van der Waals surface area contributed by atoms with Crippen LogP contribution < -0.4 is 9.47 Å². The number of allylic oxidation sites excluding steroid dienone is 1. The molecule has 4 heteroatoms. The van der Waals surface area contributed by atoms with Crippen LogP contribution in [-0.4, -0.2) is 20.0 Å². The number of benzene rings is 2. The van der Waals surface area contributed by atoms with Gasteiger partial charge >= 0.3 is 0 Å². The van der Waals surface area contributed by atoms with Crippen LogP contribution in [0.3, 0.4) is 0 Å². The van der Waals surface area contributed by atoms with E-state index >= 15 is 0 Å². The Hall–Kier alpha value is -2.07. The zero-order valence-electron chi connectivity index (χ0n) is 11.8. The lowest BCUT2D eigenvalue weighted by Gasteiger charge is -2.07. The molecule has 0 aliphatic carbocycles. The zero-order chi connectivity index (χ0) is 15.2. The van der Waals surface area contributed by atoms with Crippen LogP contribution in [-0.2, 0) is 0 Å². The summed E-state index contributed by atoms with van der Waals surface area (Å²) in [6, 6.07) is 12.9. The average Bonchev–Trinajstić information content (AvgIpc) is 2.52. The van der Waals surface area contributed by atoms with Gasteiger partial charge in [0.1, 0.15) is 11.5 Å². The van der Waals surface area contributed by atoms with Crippen molar-refractivity contribution in [3.63, 3.8) is 0 Å². The largest absolute Gasteiger partial charge is 0.497 e. The number of carbonyl (C=O) groups excluding carboxylic acids is 1. The summed E-state index contributed by atoms with van der Waals surface area (Å²) in [7, 11) is 3.10. The fraction of sp³-hybridized carbons (Fsp3) is 0.118. The Bertz CT molecular complexity index is 677. The molecule has 0 aliphatic rings. The molecule has 0 amide bonds. The van der Waals surface area contributed by atoms with Crippen molar-refractivity contribution in [2.24, 2.45) is 0 Å². The van der Waals surface area contributed by atoms with Gasteiger partial charge in [-0.1, -0.05) is 34.1 Å². The summed E-state index contributed by atoms with van der Waals surface area (Å²) in [6.45, 7) is 0. The normalized spacial score (nSPS) is 10.6. The molecule has 2 rings (SSSR count). The molecule has 0 radical (unpaired) electrons. The molecular formula is C17H15BrO3. The van der Waals surface area contributed by atoms with Gasteiger partial charge in [0.25, 0.3) is 0 Å². The highest BCUT2D eigenvalue weighted by Gasteiger charge is 2.11. The highest BCUT2D eigenvalue weighted by atomic mass is 79.9. The third-order valence-electron chi connectivity index (χ3n) is 2.95. The van der Waals surface area contributed by atoms with Gasteiger partial charge < -0.3 is 9.47 Å². The lowest BCUT2D eigenvalue weighted by molar-refractivity contribution is 0.104. The van der Waals surface area contributed by atoms with Gasteiger partial charge in [-0.05, 0) is 42.0 Å². The molecule has 0 saturated heterocycles. The summed E-state index contributed by atoms with van der Waals surface area (Å²) in [6.07, 6.45) is 3.30. The summed E-state index contributed by atoms with van der Waals surface area (Å²) in [5.41, 5.74) is 1.42. The van der Waals surface area contributed by atoms with Crippen molar-refractivity contribution in [1.29, 1.82) is 0 Å². The van der Waals surface area contributed by atoms with Crippen LogP contribution in [0.1, 0.15) is 15.9 Å². The first-order chi connectivity index (χ1) is 10.1. The molecule has 2 aromatic rings. The Kier molecular flexibility index (Phi) is 5.17. The van der Waals surface area contributed by atoms with Crippen molar-refractivity contribution < 1.29 is 14.3 Å². The Morgan fingerprint density at radius 2 is 1.90 bits per heavy atom. The molecule has 0 bridgehead atoms. The van der Waals surface area contributed by atoms with E-state index < -0.39 is 0 Å². The number of carbonyl (C=O) groups is 1. The Labute approximate surface area is 132 Å². The van der Waals surface area contributed by atoms with Crippen LogP contribution in [0.25, 0.3) is 6.08 Å². The number of ether oxygens (including phenoxy) is 2. The van der Waals surface area contributed by atoms with Crippen molar-refractivity contribution in [3.8, 4) is 11.5 Å². The highest BCUT2D eigenvalue weighted by molar-refractivity contribution is 9.10. The predicted octanol–water partition coefficient (Wildman–Crippen LogP) is 4.36. The Morgan fingerprint density at radius 1 is 1.10 bits per heavy atom. The fourth-order valence-electron chi connectivity index (χ4n) is 1.88. The van der Waals surface area contributed by atoms with Gasteiger partial charge in [0.15, 0.2) is 5.78 Å².